The summed E-state index contributed by atoms with van der Waals surface area (Å²) in [6.45, 7) is 5.95. The predicted octanol–water partition coefficient (Wildman–Crippen LogP) is 5.25. The van der Waals surface area contributed by atoms with Crippen molar-refractivity contribution < 1.29 is 4.92 Å². The van der Waals surface area contributed by atoms with Gasteiger partial charge in [-0.05, 0) is 26.8 Å². The van der Waals surface area contributed by atoms with Crippen LogP contribution in [0.3, 0.4) is 0 Å². The van der Waals surface area contributed by atoms with Crippen molar-refractivity contribution in [3.8, 4) is 0 Å². The first-order valence-electron chi connectivity index (χ1n) is 6.79. The molecule has 1 aromatic heterocycles. The SMILES string of the molecule is Cc1c([N+](=O)[O-])cc(Cl)c2c1c1ccccc1n2C(C)C. The van der Waals surface area contributed by atoms with E-state index in [1.165, 1.54) is 6.07 Å². The van der Waals surface area contributed by atoms with Gasteiger partial charge in [0.2, 0.25) is 0 Å². The number of rotatable bonds is 2. The van der Waals surface area contributed by atoms with Crippen LogP contribution in [0.15, 0.2) is 30.3 Å². The van der Waals surface area contributed by atoms with E-state index in [0.717, 1.165) is 21.8 Å². The van der Waals surface area contributed by atoms with E-state index in [1.807, 2.05) is 24.3 Å². The summed E-state index contributed by atoms with van der Waals surface area (Å²) in [5.74, 6) is 0. The molecule has 0 amide bonds. The minimum atomic E-state index is -0.373. The molecule has 2 aromatic carbocycles. The highest BCUT2D eigenvalue weighted by atomic mass is 35.5. The normalized spacial score (nSPS) is 11.7. The Morgan fingerprint density at radius 2 is 1.95 bits per heavy atom. The summed E-state index contributed by atoms with van der Waals surface area (Å²) in [7, 11) is 0. The molecule has 0 aliphatic rings. The maximum atomic E-state index is 11.2. The molecule has 21 heavy (non-hydrogen) atoms. The van der Waals surface area contributed by atoms with E-state index in [-0.39, 0.29) is 16.7 Å². The number of aryl methyl sites for hydroxylation is 1. The predicted molar refractivity (Wildman–Crippen MR) is 86.2 cm³/mol. The van der Waals surface area contributed by atoms with Crippen LogP contribution in [-0.4, -0.2) is 9.49 Å². The Kier molecular flexibility index (Phi) is 3.14. The van der Waals surface area contributed by atoms with Crippen LogP contribution >= 0.6 is 11.6 Å². The van der Waals surface area contributed by atoms with E-state index >= 15 is 0 Å². The Morgan fingerprint density at radius 3 is 2.57 bits per heavy atom. The van der Waals surface area contributed by atoms with E-state index < -0.39 is 0 Å². The molecule has 0 fully saturated rings. The third-order valence-corrected chi connectivity index (χ3v) is 4.16. The van der Waals surface area contributed by atoms with Crippen LogP contribution in [0.2, 0.25) is 5.02 Å². The van der Waals surface area contributed by atoms with Crippen LogP contribution in [-0.2, 0) is 0 Å². The summed E-state index contributed by atoms with van der Waals surface area (Å²) in [6, 6.07) is 9.60. The molecule has 5 heteroatoms. The quantitative estimate of drug-likeness (QED) is 0.480. The van der Waals surface area contributed by atoms with Gasteiger partial charge >= 0.3 is 0 Å². The molecule has 0 unspecified atom stereocenters. The molecule has 0 N–H and O–H groups in total. The zero-order valence-electron chi connectivity index (χ0n) is 12.1. The first-order chi connectivity index (χ1) is 9.93. The van der Waals surface area contributed by atoms with E-state index in [2.05, 4.69) is 18.4 Å². The van der Waals surface area contributed by atoms with Crippen LogP contribution in [0.4, 0.5) is 5.69 Å². The van der Waals surface area contributed by atoms with Crippen LogP contribution in [0.5, 0.6) is 0 Å². The zero-order valence-corrected chi connectivity index (χ0v) is 12.8. The number of para-hydroxylation sites is 1. The zero-order chi connectivity index (χ0) is 15.3. The third-order valence-electron chi connectivity index (χ3n) is 3.87. The standard InChI is InChI=1S/C16H15ClN2O2/c1-9(2)18-13-7-5-4-6-11(13)15-10(3)14(19(20)21)8-12(17)16(15)18/h4-9H,1-3H3. The van der Waals surface area contributed by atoms with Gasteiger partial charge in [0.15, 0.2) is 0 Å². The fraction of sp³-hybridized carbons (Fsp3) is 0.250. The lowest BCUT2D eigenvalue weighted by atomic mass is 10.1. The molecule has 1 heterocycles. The summed E-state index contributed by atoms with van der Waals surface area (Å²) in [6.07, 6.45) is 0. The van der Waals surface area contributed by atoms with Crippen molar-refractivity contribution in [2.45, 2.75) is 26.8 Å². The van der Waals surface area contributed by atoms with Crippen molar-refractivity contribution in [3.05, 3.63) is 51.0 Å². The number of hydrogen-bond acceptors (Lipinski definition) is 2. The number of benzene rings is 2. The Balaban J connectivity index is 2.64. The fourth-order valence-corrected chi connectivity index (χ4v) is 3.32. The van der Waals surface area contributed by atoms with Gasteiger partial charge in [0.1, 0.15) is 0 Å². The van der Waals surface area contributed by atoms with Crippen molar-refractivity contribution in [1.82, 2.24) is 4.57 Å². The molecule has 4 nitrogen and oxygen atoms in total. The van der Waals surface area contributed by atoms with E-state index in [4.69, 9.17) is 11.6 Å². The minimum Gasteiger partial charge on any atom is -0.337 e. The highest BCUT2D eigenvalue weighted by Crippen LogP contribution is 2.41. The number of nitro groups is 1. The van der Waals surface area contributed by atoms with Crippen molar-refractivity contribution >= 4 is 39.1 Å². The second-order valence-electron chi connectivity index (χ2n) is 5.46. The lowest BCUT2D eigenvalue weighted by Crippen LogP contribution is -2.01. The van der Waals surface area contributed by atoms with E-state index in [9.17, 15) is 10.1 Å². The molecule has 0 bridgehead atoms. The van der Waals surface area contributed by atoms with Gasteiger partial charge in [-0.15, -0.1) is 0 Å². The Morgan fingerprint density at radius 1 is 1.29 bits per heavy atom. The Labute approximate surface area is 127 Å². The highest BCUT2D eigenvalue weighted by Gasteiger charge is 2.23. The highest BCUT2D eigenvalue weighted by molar-refractivity contribution is 6.37. The van der Waals surface area contributed by atoms with Gasteiger partial charge in [0.05, 0.1) is 15.5 Å². The Bertz CT molecular complexity index is 881. The molecule has 0 aliphatic carbocycles. The smallest absolute Gasteiger partial charge is 0.274 e. The van der Waals surface area contributed by atoms with Crippen LogP contribution < -0.4 is 0 Å². The average Bonchev–Trinajstić information content (AvgIpc) is 2.78. The molecule has 0 saturated carbocycles. The summed E-state index contributed by atoms with van der Waals surface area (Å²) in [5.41, 5.74) is 2.65. The van der Waals surface area contributed by atoms with Crippen molar-refractivity contribution in [3.63, 3.8) is 0 Å². The maximum absolute atomic E-state index is 11.2. The molecule has 0 atom stereocenters. The number of nitro benzene ring substituents is 1. The van der Waals surface area contributed by atoms with Gasteiger partial charge in [-0.2, -0.15) is 0 Å². The summed E-state index contributed by atoms with van der Waals surface area (Å²) >= 11 is 6.37. The van der Waals surface area contributed by atoms with Gasteiger partial charge in [0.25, 0.3) is 5.69 Å². The van der Waals surface area contributed by atoms with Gasteiger partial charge in [-0.1, -0.05) is 29.8 Å². The summed E-state index contributed by atoms with van der Waals surface area (Å²) in [4.78, 5) is 10.9. The van der Waals surface area contributed by atoms with Gasteiger partial charge in [-0.3, -0.25) is 10.1 Å². The molecule has 0 saturated heterocycles. The number of nitrogens with zero attached hydrogens (tertiary/aromatic N) is 2. The molecule has 0 aliphatic heterocycles. The first kappa shape index (κ1) is 13.9. The lowest BCUT2D eigenvalue weighted by molar-refractivity contribution is -0.385. The second-order valence-corrected chi connectivity index (χ2v) is 5.87. The molecule has 0 radical (unpaired) electrons. The van der Waals surface area contributed by atoms with Gasteiger partial charge < -0.3 is 4.57 Å². The monoisotopic (exact) mass is 302 g/mol. The molecule has 3 aromatic rings. The molecular weight excluding hydrogens is 288 g/mol. The fourth-order valence-electron chi connectivity index (χ4n) is 3.03. The second kappa shape index (κ2) is 4.74. The van der Waals surface area contributed by atoms with Crippen LogP contribution in [0.25, 0.3) is 21.8 Å². The maximum Gasteiger partial charge on any atom is 0.274 e. The average molecular weight is 303 g/mol. The molecule has 108 valence electrons. The van der Waals surface area contributed by atoms with E-state index in [1.54, 1.807) is 6.92 Å². The number of aromatic nitrogens is 1. The molecule has 3 rings (SSSR count). The van der Waals surface area contributed by atoms with Crippen LogP contribution in [0.1, 0.15) is 25.5 Å². The lowest BCUT2D eigenvalue weighted by Gasteiger charge is -2.12. The van der Waals surface area contributed by atoms with Crippen LogP contribution in [0, 0.1) is 17.0 Å². The number of halogens is 1. The third kappa shape index (κ3) is 1.90. The van der Waals surface area contributed by atoms with Crippen molar-refractivity contribution in [1.29, 1.82) is 0 Å². The largest absolute Gasteiger partial charge is 0.337 e. The summed E-state index contributed by atoms with van der Waals surface area (Å²) < 4.78 is 2.14. The Hall–Kier alpha value is -2.07. The van der Waals surface area contributed by atoms with Crippen molar-refractivity contribution in [2.24, 2.45) is 0 Å². The molecule has 0 spiro atoms. The minimum absolute atomic E-state index is 0.0687. The van der Waals surface area contributed by atoms with E-state index in [0.29, 0.717) is 10.6 Å². The topological polar surface area (TPSA) is 48.1 Å². The van der Waals surface area contributed by atoms with Crippen molar-refractivity contribution in [2.75, 3.05) is 0 Å². The van der Waals surface area contributed by atoms with Gasteiger partial charge in [0, 0.05) is 34.0 Å². The first-order valence-corrected chi connectivity index (χ1v) is 7.17. The number of hydrogen-bond donors (Lipinski definition) is 0. The summed E-state index contributed by atoms with van der Waals surface area (Å²) in [5, 5.41) is 13.5. The van der Waals surface area contributed by atoms with Gasteiger partial charge in [-0.25, -0.2) is 0 Å². The molecular formula is C16H15ClN2O2. The number of fused-ring (bicyclic) bond motifs is 3.